The lowest BCUT2D eigenvalue weighted by atomic mass is 10.2. The van der Waals surface area contributed by atoms with Gasteiger partial charge in [-0.3, -0.25) is 0 Å². The number of nitrogens with two attached hydrogens (primary N) is 1. The predicted molar refractivity (Wildman–Crippen MR) is 75.4 cm³/mol. The lowest BCUT2D eigenvalue weighted by Crippen LogP contribution is -2.05. The van der Waals surface area contributed by atoms with E-state index in [2.05, 4.69) is 15.3 Å². The molecule has 2 rings (SSSR count). The fraction of sp³-hybridized carbons (Fsp3) is 0.231. The van der Waals surface area contributed by atoms with Crippen LogP contribution in [0.3, 0.4) is 0 Å². The Hall–Kier alpha value is -1.81. The van der Waals surface area contributed by atoms with Crippen LogP contribution in [0.15, 0.2) is 18.2 Å². The first kappa shape index (κ1) is 12.6. The Kier molecular flexibility index (Phi) is 3.39. The molecule has 0 spiro atoms. The predicted octanol–water partition coefficient (Wildman–Crippen LogP) is 3.38. The Morgan fingerprint density at radius 3 is 2.61 bits per heavy atom. The van der Waals surface area contributed by atoms with Gasteiger partial charge in [-0.05, 0) is 38.5 Å². The summed E-state index contributed by atoms with van der Waals surface area (Å²) in [7, 11) is 0. The summed E-state index contributed by atoms with van der Waals surface area (Å²) in [4.78, 5) is 8.45. The second-order valence-corrected chi connectivity index (χ2v) is 4.65. The average molecular weight is 263 g/mol. The highest BCUT2D eigenvalue weighted by Gasteiger charge is 2.08. The SMILES string of the molecule is Cc1ccc(Cl)c(Nc2nc(C)nc(N)c2C)c1. The summed E-state index contributed by atoms with van der Waals surface area (Å²) >= 11 is 6.14. The molecule has 4 nitrogen and oxygen atoms in total. The third kappa shape index (κ3) is 2.54. The van der Waals surface area contributed by atoms with Gasteiger partial charge in [-0.2, -0.15) is 0 Å². The van der Waals surface area contributed by atoms with Crippen molar-refractivity contribution in [2.24, 2.45) is 0 Å². The van der Waals surface area contributed by atoms with Crippen LogP contribution in [0.25, 0.3) is 0 Å². The zero-order valence-electron chi connectivity index (χ0n) is 10.6. The number of nitrogens with zero attached hydrogens (tertiary/aromatic N) is 2. The number of aryl methyl sites for hydroxylation is 2. The smallest absolute Gasteiger partial charge is 0.139 e. The zero-order valence-corrected chi connectivity index (χ0v) is 11.3. The summed E-state index contributed by atoms with van der Waals surface area (Å²) in [5, 5.41) is 3.85. The van der Waals surface area contributed by atoms with Crippen molar-refractivity contribution in [2.75, 3.05) is 11.1 Å². The van der Waals surface area contributed by atoms with Gasteiger partial charge >= 0.3 is 0 Å². The van der Waals surface area contributed by atoms with Crippen molar-refractivity contribution in [2.45, 2.75) is 20.8 Å². The number of rotatable bonds is 2. The van der Waals surface area contributed by atoms with Gasteiger partial charge in [-0.25, -0.2) is 9.97 Å². The molecule has 5 heteroatoms. The molecule has 0 amide bonds. The van der Waals surface area contributed by atoms with Crippen molar-refractivity contribution < 1.29 is 0 Å². The molecule has 2 aromatic rings. The van der Waals surface area contributed by atoms with Gasteiger partial charge in [0, 0.05) is 5.56 Å². The third-order valence-corrected chi connectivity index (χ3v) is 3.00. The molecular formula is C13H15ClN4. The topological polar surface area (TPSA) is 63.8 Å². The van der Waals surface area contributed by atoms with E-state index < -0.39 is 0 Å². The molecule has 0 aliphatic rings. The average Bonchev–Trinajstić information content (AvgIpc) is 2.30. The van der Waals surface area contributed by atoms with Crippen LogP contribution in [-0.2, 0) is 0 Å². The van der Waals surface area contributed by atoms with E-state index in [9.17, 15) is 0 Å². The molecule has 1 heterocycles. The van der Waals surface area contributed by atoms with Gasteiger partial charge in [-0.15, -0.1) is 0 Å². The summed E-state index contributed by atoms with van der Waals surface area (Å²) in [6.45, 7) is 5.69. The quantitative estimate of drug-likeness (QED) is 0.871. The van der Waals surface area contributed by atoms with Gasteiger partial charge in [0.1, 0.15) is 17.5 Å². The fourth-order valence-electron chi connectivity index (χ4n) is 1.63. The highest BCUT2D eigenvalue weighted by Crippen LogP contribution is 2.28. The first-order valence-corrected chi connectivity index (χ1v) is 5.99. The molecule has 18 heavy (non-hydrogen) atoms. The van der Waals surface area contributed by atoms with Crippen LogP contribution in [0.1, 0.15) is 17.0 Å². The van der Waals surface area contributed by atoms with Crippen molar-refractivity contribution >= 4 is 28.9 Å². The number of hydrogen-bond donors (Lipinski definition) is 2. The maximum absolute atomic E-state index is 6.14. The largest absolute Gasteiger partial charge is 0.383 e. The monoisotopic (exact) mass is 262 g/mol. The van der Waals surface area contributed by atoms with Gasteiger partial charge in [-0.1, -0.05) is 17.7 Å². The molecule has 1 aromatic carbocycles. The summed E-state index contributed by atoms with van der Waals surface area (Å²) in [5.41, 5.74) is 8.58. The highest BCUT2D eigenvalue weighted by atomic mass is 35.5. The maximum Gasteiger partial charge on any atom is 0.139 e. The van der Waals surface area contributed by atoms with Crippen molar-refractivity contribution in [3.8, 4) is 0 Å². The van der Waals surface area contributed by atoms with E-state index >= 15 is 0 Å². The molecule has 94 valence electrons. The summed E-state index contributed by atoms with van der Waals surface area (Å²) < 4.78 is 0. The molecule has 0 unspecified atom stereocenters. The minimum atomic E-state index is 0.480. The number of nitrogens with one attached hydrogen (secondary N) is 1. The molecule has 0 fully saturated rings. The molecule has 0 bridgehead atoms. The molecular weight excluding hydrogens is 248 g/mol. The Morgan fingerprint density at radius 1 is 1.17 bits per heavy atom. The molecule has 0 aliphatic carbocycles. The molecule has 1 aromatic heterocycles. The van der Waals surface area contributed by atoms with E-state index in [0.717, 1.165) is 16.8 Å². The van der Waals surface area contributed by atoms with Crippen LogP contribution in [0.4, 0.5) is 17.3 Å². The molecule has 0 saturated carbocycles. The standard InChI is InChI=1S/C13H15ClN4/c1-7-4-5-10(14)11(6-7)18-13-8(2)12(15)16-9(3)17-13/h4-6H,1-3H3,(H3,15,16,17,18). The van der Waals surface area contributed by atoms with Crippen molar-refractivity contribution in [3.05, 3.63) is 40.2 Å². The van der Waals surface area contributed by atoms with Crippen LogP contribution in [0.2, 0.25) is 5.02 Å². The first-order valence-electron chi connectivity index (χ1n) is 5.61. The van der Waals surface area contributed by atoms with E-state index in [1.165, 1.54) is 0 Å². The van der Waals surface area contributed by atoms with Crippen molar-refractivity contribution in [3.63, 3.8) is 0 Å². The molecule has 0 aliphatic heterocycles. The third-order valence-electron chi connectivity index (χ3n) is 2.67. The molecule has 0 radical (unpaired) electrons. The van der Waals surface area contributed by atoms with E-state index in [1.54, 1.807) is 6.92 Å². The number of halogens is 1. The minimum Gasteiger partial charge on any atom is -0.383 e. The lowest BCUT2D eigenvalue weighted by molar-refractivity contribution is 1.04. The molecule has 0 atom stereocenters. The van der Waals surface area contributed by atoms with E-state index in [-0.39, 0.29) is 0 Å². The van der Waals surface area contributed by atoms with Crippen LogP contribution in [-0.4, -0.2) is 9.97 Å². The van der Waals surface area contributed by atoms with Gasteiger partial charge in [0.25, 0.3) is 0 Å². The van der Waals surface area contributed by atoms with Crippen LogP contribution in [0, 0.1) is 20.8 Å². The van der Waals surface area contributed by atoms with Gasteiger partial charge in [0.2, 0.25) is 0 Å². The summed E-state index contributed by atoms with van der Waals surface area (Å²) in [6.07, 6.45) is 0. The van der Waals surface area contributed by atoms with Crippen LogP contribution in [0.5, 0.6) is 0 Å². The van der Waals surface area contributed by atoms with Crippen molar-refractivity contribution in [1.82, 2.24) is 9.97 Å². The van der Waals surface area contributed by atoms with E-state index in [0.29, 0.717) is 22.5 Å². The van der Waals surface area contributed by atoms with Gasteiger partial charge in [0.15, 0.2) is 0 Å². The van der Waals surface area contributed by atoms with Crippen molar-refractivity contribution in [1.29, 1.82) is 0 Å². The van der Waals surface area contributed by atoms with E-state index in [1.807, 2.05) is 32.0 Å². The fourth-order valence-corrected chi connectivity index (χ4v) is 1.80. The zero-order chi connectivity index (χ0) is 13.3. The van der Waals surface area contributed by atoms with Crippen LogP contribution < -0.4 is 11.1 Å². The Labute approximate surface area is 111 Å². The number of nitrogen functional groups attached to an aromatic ring is 1. The highest BCUT2D eigenvalue weighted by molar-refractivity contribution is 6.33. The number of anilines is 3. The number of aromatic nitrogens is 2. The summed E-state index contributed by atoms with van der Waals surface area (Å²) in [5.74, 6) is 1.80. The second kappa shape index (κ2) is 4.82. The number of hydrogen-bond acceptors (Lipinski definition) is 4. The molecule has 3 N–H and O–H groups in total. The first-order chi connectivity index (χ1) is 8.47. The molecule has 0 saturated heterocycles. The maximum atomic E-state index is 6.14. The van der Waals surface area contributed by atoms with Crippen LogP contribution >= 0.6 is 11.6 Å². The second-order valence-electron chi connectivity index (χ2n) is 4.24. The normalized spacial score (nSPS) is 10.4. The van der Waals surface area contributed by atoms with E-state index in [4.69, 9.17) is 17.3 Å². The minimum absolute atomic E-state index is 0.480. The number of benzene rings is 1. The Balaban J connectivity index is 2.43. The lowest BCUT2D eigenvalue weighted by Gasteiger charge is -2.12. The Bertz CT molecular complexity index is 596. The van der Waals surface area contributed by atoms with Gasteiger partial charge < -0.3 is 11.1 Å². The Morgan fingerprint density at radius 2 is 1.89 bits per heavy atom. The van der Waals surface area contributed by atoms with Gasteiger partial charge in [0.05, 0.1) is 10.7 Å². The summed E-state index contributed by atoms with van der Waals surface area (Å²) in [6, 6.07) is 5.78.